The number of hydrazone groups is 1. The van der Waals surface area contributed by atoms with Crippen LogP contribution in [0.15, 0.2) is 45.7 Å². The molecule has 1 heterocycles. The highest BCUT2D eigenvalue weighted by molar-refractivity contribution is 5.79. The largest absolute Gasteiger partial charge is 0.321 e. The normalized spacial score (nSPS) is 19.7. The molecule has 0 saturated carbocycles. The van der Waals surface area contributed by atoms with Crippen LogP contribution in [0, 0.1) is 5.92 Å². The average molecular weight is 259 g/mol. The summed E-state index contributed by atoms with van der Waals surface area (Å²) in [7, 11) is 0. The van der Waals surface area contributed by atoms with Gasteiger partial charge in [-0.25, -0.2) is 0 Å². The van der Waals surface area contributed by atoms with Gasteiger partial charge in [-0.1, -0.05) is 30.3 Å². The van der Waals surface area contributed by atoms with E-state index < -0.39 is 0 Å². The standard InChI is InChI=1S/C14H21N5/c1-11(17-15)18-19-14(12-5-3-2-4-6-12)13-7-9-16-10-8-13/h2-6,13-14,16H,7-10,15H2,1H3. The summed E-state index contributed by atoms with van der Waals surface area (Å²) in [5, 5.41) is 15.5. The zero-order valence-corrected chi connectivity index (χ0v) is 11.3. The Hall–Kier alpha value is -1.75. The van der Waals surface area contributed by atoms with Crippen LogP contribution in [0.3, 0.4) is 0 Å². The molecule has 0 aromatic heterocycles. The minimum atomic E-state index is 0.0972. The lowest BCUT2D eigenvalue weighted by Gasteiger charge is -2.27. The van der Waals surface area contributed by atoms with Crippen LogP contribution < -0.4 is 11.2 Å². The van der Waals surface area contributed by atoms with Crippen LogP contribution in [0.4, 0.5) is 0 Å². The van der Waals surface area contributed by atoms with Gasteiger partial charge in [-0.05, 0) is 44.3 Å². The van der Waals surface area contributed by atoms with Gasteiger partial charge in [0.25, 0.3) is 0 Å². The van der Waals surface area contributed by atoms with Crippen molar-refractivity contribution in [2.24, 2.45) is 27.1 Å². The van der Waals surface area contributed by atoms with Crippen LogP contribution in [0.25, 0.3) is 0 Å². The summed E-state index contributed by atoms with van der Waals surface area (Å²) < 4.78 is 0. The van der Waals surface area contributed by atoms with E-state index in [1.165, 1.54) is 5.56 Å². The third kappa shape index (κ3) is 3.86. The Morgan fingerprint density at radius 2 is 1.95 bits per heavy atom. The molecule has 1 saturated heterocycles. The monoisotopic (exact) mass is 259 g/mol. The Balaban J connectivity index is 2.20. The fraction of sp³-hybridized carbons (Fsp3) is 0.500. The summed E-state index contributed by atoms with van der Waals surface area (Å²) in [6.45, 7) is 3.86. The highest BCUT2D eigenvalue weighted by Gasteiger charge is 2.24. The molecule has 1 atom stereocenters. The van der Waals surface area contributed by atoms with Gasteiger partial charge in [0, 0.05) is 0 Å². The predicted octanol–water partition coefficient (Wildman–Crippen LogP) is 2.47. The first-order chi connectivity index (χ1) is 9.31. The molecule has 1 aliphatic rings. The molecule has 1 aromatic carbocycles. The Kier molecular flexibility index (Phi) is 5.03. The molecule has 1 fully saturated rings. The number of hydrogen-bond donors (Lipinski definition) is 2. The fourth-order valence-corrected chi connectivity index (χ4v) is 2.41. The zero-order valence-electron chi connectivity index (χ0n) is 11.3. The molecule has 1 unspecified atom stereocenters. The van der Waals surface area contributed by atoms with Gasteiger partial charge in [-0.2, -0.15) is 10.2 Å². The Bertz CT molecular complexity index is 434. The third-order valence-corrected chi connectivity index (χ3v) is 3.49. The van der Waals surface area contributed by atoms with Gasteiger partial charge in [0.2, 0.25) is 0 Å². The second kappa shape index (κ2) is 6.99. The van der Waals surface area contributed by atoms with Crippen molar-refractivity contribution in [3.05, 3.63) is 35.9 Å². The van der Waals surface area contributed by atoms with Crippen molar-refractivity contribution in [2.45, 2.75) is 25.8 Å². The molecular formula is C14H21N5. The zero-order chi connectivity index (χ0) is 13.5. The molecule has 102 valence electrons. The average Bonchev–Trinajstić information content (AvgIpc) is 2.49. The van der Waals surface area contributed by atoms with Crippen LogP contribution in [0.2, 0.25) is 0 Å². The van der Waals surface area contributed by atoms with E-state index in [1.54, 1.807) is 6.92 Å². The molecule has 0 bridgehead atoms. The SMILES string of the molecule is CC(N=NC(c1ccccc1)C1CCNCC1)=NN. The van der Waals surface area contributed by atoms with Crippen molar-refractivity contribution < 1.29 is 0 Å². The van der Waals surface area contributed by atoms with E-state index in [4.69, 9.17) is 5.84 Å². The third-order valence-electron chi connectivity index (χ3n) is 3.49. The molecule has 3 N–H and O–H groups in total. The maximum absolute atomic E-state index is 5.20. The van der Waals surface area contributed by atoms with Gasteiger partial charge in [-0.15, -0.1) is 5.11 Å². The van der Waals surface area contributed by atoms with Crippen LogP contribution in [0.5, 0.6) is 0 Å². The first-order valence-corrected chi connectivity index (χ1v) is 6.72. The Labute approximate surface area is 114 Å². The van der Waals surface area contributed by atoms with E-state index in [1.807, 2.05) is 18.2 Å². The molecule has 5 nitrogen and oxygen atoms in total. The van der Waals surface area contributed by atoms with Crippen molar-refractivity contribution >= 4 is 5.84 Å². The minimum absolute atomic E-state index is 0.0972. The summed E-state index contributed by atoms with van der Waals surface area (Å²) >= 11 is 0. The lowest BCUT2D eigenvalue weighted by Crippen LogP contribution is -2.30. The van der Waals surface area contributed by atoms with Crippen molar-refractivity contribution in [1.29, 1.82) is 0 Å². The van der Waals surface area contributed by atoms with Gasteiger partial charge in [0.05, 0.1) is 6.04 Å². The number of azo groups is 1. The molecule has 1 aliphatic heterocycles. The summed E-state index contributed by atoms with van der Waals surface area (Å²) in [6.07, 6.45) is 2.24. The maximum atomic E-state index is 5.20. The fourth-order valence-electron chi connectivity index (χ4n) is 2.41. The van der Waals surface area contributed by atoms with E-state index >= 15 is 0 Å². The number of nitrogens with two attached hydrogens (primary N) is 1. The number of benzene rings is 1. The van der Waals surface area contributed by atoms with Gasteiger partial charge >= 0.3 is 0 Å². The van der Waals surface area contributed by atoms with Crippen LogP contribution in [-0.4, -0.2) is 18.9 Å². The van der Waals surface area contributed by atoms with E-state index in [0.717, 1.165) is 25.9 Å². The molecule has 19 heavy (non-hydrogen) atoms. The topological polar surface area (TPSA) is 75.1 Å². The van der Waals surface area contributed by atoms with E-state index in [2.05, 4.69) is 32.8 Å². The van der Waals surface area contributed by atoms with Crippen LogP contribution in [0.1, 0.15) is 31.4 Å². The molecular weight excluding hydrogens is 238 g/mol. The second-order valence-corrected chi connectivity index (χ2v) is 4.83. The first kappa shape index (κ1) is 13.7. The maximum Gasteiger partial charge on any atom is 0.166 e. The number of nitrogens with one attached hydrogen (secondary N) is 1. The smallest absolute Gasteiger partial charge is 0.166 e. The second-order valence-electron chi connectivity index (χ2n) is 4.83. The van der Waals surface area contributed by atoms with Crippen LogP contribution >= 0.6 is 0 Å². The van der Waals surface area contributed by atoms with Crippen molar-refractivity contribution in [2.75, 3.05) is 13.1 Å². The lowest BCUT2D eigenvalue weighted by atomic mass is 9.86. The summed E-state index contributed by atoms with van der Waals surface area (Å²) in [6, 6.07) is 10.4. The molecule has 0 aliphatic carbocycles. The molecule has 0 spiro atoms. The van der Waals surface area contributed by atoms with Gasteiger partial charge in [0.15, 0.2) is 5.84 Å². The van der Waals surface area contributed by atoms with Crippen LogP contribution in [-0.2, 0) is 0 Å². The quantitative estimate of drug-likeness (QED) is 0.288. The van der Waals surface area contributed by atoms with Gasteiger partial charge in [0.1, 0.15) is 0 Å². The number of rotatable bonds is 3. The first-order valence-electron chi connectivity index (χ1n) is 6.72. The van der Waals surface area contributed by atoms with Gasteiger partial charge in [-0.3, -0.25) is 0 Å². The number of amidine groups is 1. The minimum Gasteiger partial charge on any atom is -0.321 e. The number of piperidine rings is 1. The summed E-state index contributed by atoms with van der Waals surface area (Å²) in [5.41, 5.74) is 1.21. The Morgan fingerprint density at radius 1 is 1.26 bits per heavy atom. The summed E-state index contributed by atoms with van der Waals surface area (Å²) in [4.78, 5) is 0. The molecule has 0 radical (unpaired) electrons. The van der Waals surface area contributed by atoms with E-state index in [9.17, 15) is 0 Å². The summed E-state index contributed by atoms with van der Waals surface area (Å²) in [5.74, 6) is 6.23. The highest BCUT2D eigenvalue weighted by Crippen LogP contribution is 2.32. The predicted molar refractivity (Wildman–Crippen MR) is 76.9 cm³/mol. The molecule has 5 heteroatoms. The van der Waals surface area contributed by atoms with E-state index in [0.29, 0.717) is 11.8 Å². The number of nitrogens with zero attached hydrogens (tertiary/aromatic N) is 3. The number of hydrogen-bond acceptors (Lipinski definition) is 4. The van der Waals surface area contributed by atoms with Gasteiger partial charge < -0.3 is 11.2 Å². The van der Waals surface area contributed by atoms with E-state index in [-0.39, 0.29) is 6.04 Å². The van der Waals surface area contributed by atoms with Crippen molar-refractivity contribution in [3.63, 3.8) is 0 Å². The van der Waals surface area contributed by atoms with Crippen molar-refractivity contribution in [1.82, 2.24) is 5.32 Å². The molecule has 0 amide bonds. The molecule has 2 rings (SSSR count). The Morgan fingerprint density at radius 3 is 2.58 bits per heavy atom. The van der Waals surface area contributed by atoms with Crippen molar-refractivity contribution in [3.8, 4) is 0 Å². The lowest BCUT2D eigenvalue weighted by molar-refractivity contribution is 0.318. The molecule has 1 aromatic rings. The highest BCUT2D eigenvalue weighted by atomic mass is 15.2.